The summed E-state index contributed by atoms with van der Waals surface area (Å²) in [6.45, 7) is 9.63. The number of anilines is 2. The lowest BCUT2D eigenvalue weighted by atomic mass is 10.1. The highest BCUT2D eigenvalue weighted by molar-refractivity contribution is 6.05. The number of carbonyl (C=O) groups excluding carboxylic acids is 1. The molecule has 0 aliphatic carbocycles. The Morgan fingerprint density at radius 1 is 1.07 bits per heavy atom. The Morgan fingerprint density at radius 2 is 1.85 bits per heavy atom. The number of H-pyrrole nitrogens is 1. The Kier molecular flexibility index (Phi) is 7.61. The number of halogens is 3. The van der Waals surface area contributed by atoms with E-state index in [9.17, 15) is 18.0 Å². The average molecular weight is 553 g/mol. The number of hydrogen-bond acceptors (Lipinski definition) is 6. The highest BCUT2D eigenvalue weighted by Crippen LogP contribution is 2.35. The summed E-state index contributed by atoms with van der Waals surface area (Å²) < 4.78 is 42.9. The lowest BCUT2D eigenvalue weighted by Crippen LogP contribution is -2.46. The van der Waals surface area contributed by atoms with E-state index in [-0.39, 0.29) is 11.3 Å². The first-order chi connectivity index (χ1) is 19.1. The largest absolute Gasteiger partial charge is 0.416 e. The van der Waals surface area contributed by atoms with Crippen LogP contribution in [0, 0.1) is 13.8 Å². The fraction of sp³-hybridized carbons (Fsp3) is 0.357. The van der Waals surface area contributed by atoms with Gasteiger partial charge in [0, 0.05) is 54.4 Å². The summed E-state index contributed by atoms with van der Waals surface area (Å²) in [5.41, 5.74) is 3.76. The molecule has 210 valence electrons. The zero-order valence-electron chi connectivity index (χ0n) is 22.6. The highest BCUT2D eigenvalue weighted by Gasteiger charge is 2.32. The first kappa shape index (κ1) is 27.4. The van der Waals surface area contributed by atoms with Crippen molar-refractivity contribution >= 4 is 17.3 Å². The minimum absolute atomic E-state index is 0.0893. The molecule has 0 radical (unpaired) electrons. The molecule has 3 heterocycles. The van der Waals surface area contributed by atoms with Crippen molar-refractivity contribution in [1.29, 1.82) is 0 Å². The third kappa shape index (κ3) is 5.86. The molecule has 0 saturated carbocycles. The number of alkyl halides is 3. The van der Waals surface area contributed by atoms with Gasteiger partial charge < -0.3 is 10.2 Å². The van der Waals surface area contributed by atoms with Crippen LogP contribution in [0.1, 0.15) is 40.5 Å². The van der Waals surface area contributed by atoms with Gasteiger partial charge in [-0.25, -0.2) is 4.68 Å². The second-order valence-electron chi connectivity index (χ2n) is 10.0. The Labute approximate surface area is 230 Å². The minimum atomic E-state index is -4.55. The van der Waals surface area contributed by atoms with E-state index >= 15 is 0 Å². The number of piperazine rings is 1. The standard InChI is InChI=1S/C28H31F3N8O/c1-4-7-37-8-10-38(11-9-37)23-14-21(28(29,30)31)13-22(15-23)33-27(40)20-6-5-18(2)26(12-20)39-17-25(35-36-39)24-16-32-34-19(24)3/h5-6,12-17H,4,7-11H2,1-3H3,(H,32,34)(H,33,40). The summed E-state index contributed by atoms with van der Waals surface area (Å²) in [5, 5.41) is 18.0. The predicted molar refractivity (Wildman–Crippen MR) is 147 cm³/mol. The number of amides is 1. The zero-order valence-corrected chi connectivity index (χ0v) is 22.6. The molecule has 0 unspecified atom stereocenters. The van der Waals surface area contributed by atoms with Crippen LogP contribution in [-0.4, -0.2) is 68.7 Å². The first-order valence-electron chi connectivity index (χ1n) is 13.2. The summed E-state index contributed by atoms with van der Waals surface area (Å²) in [6.07, 6.45) is -0.118. The summed E-state index contributed by atoms with van der Waals surface area (Å²) in [5.74, 6) is -0.523. The molecule has 1 aliphatic rings. The number of benzene rings is 2. The van der Waals surface area contributed by atoms with Crippen molar-refractivity contribution in [2.45, 2.75) is 33.4 Å². The minimum Gasteiger partial charge on any atom is -0.369 e. The molecule has 0 spiro atoms. The van der Waals surface area contributed by atoms with Crippen LogP contribution in [0.3, 0.4) is 0 Å². The highest BCUT2D eigenvalue weighted by atomic mass is 19.4. The van der Waals surface area contributed by atoms with Crippen molar-refractivity contribution in [1.82, 2.24) is 30.1 Å². The molecule has 5 rings (SSSR count). The van der Waals surface area contributed by atoms with Gasteiger partial charge in [0.1, 0.15) is 5.69 Å². The number of rotatable bonds is 7. The van der Waals surface area contributed by atoms with Gasteiger partial charge in [-0.05, 0) is 62.7 Å². The number of hydrogen-bond donors (Lipinski definition) is 2. The second kappa shape index (κ2) is 11.1. The first-order valence-corrected chi connectivity index (χ1v) is 13.2. The van der Waals surface area contributed by atoms with Crippen LogP contribution >= 0.6 is 0 Å². The molecule has 1 aliphatic heterocycles. The zero-order chi connectivity index (χ0) is 28.4. The van der Waals surface area contributed by atoms with Crippen molar-refractivity contribution in [3.05, 3.63) is 71.2 Å². The van der Waals surface area contributed by atoms with Crippen LogP contribution in [0.2, 0.25) is 0 Å². The molecular weight excluding hydrogens is 521 g/mol. The molecule has 4 aromatic rings. The van der Waals surface area contributed by atoms with Gasteiger partial charge in [0.2, 0.25) is 0 Å². The van der Waals surface area contributed by atoms with E-state index in [1.165, 1.54) is 0 Å². The smallest absolute Gasteiger partial charge is 0.369 e. The predicted octanol–water partition coefficient (Wildman–Crippen LogP) is 5.08. The van der Waals surface area contributed by atoms with E-state index in [0.717, 1.165) is 55.0 Å². The Balaban J connectivity index is 1.39. The molecule has 2 aromatic carbocycles. The van der Waals surface area contributed by atoms with E-state index in [1.807, 2.05) is 18.7 Å². The van der Waals surface area contributed by atoms with Crippen LogP contribution in [-0.2, 0) is 6.18 Å². The fourth-order valence-corrected chi connectivity index (χ4v) is 4.89. The average Bonchev–Trinajstić information content (AvgIpc) is 3.58. The van der Waals surface area contributed by atoms with Gasteiger partial charge in [-0.3, -0.25) is 14.8 Å². The summed E-state index contributed by atoms with van der Waals surface area (Å²) in [6, 6.07) is 8.77. The molecule has 0 atom stereocenters. The third-order valence-electron chi connectivity index (χ3n) is 7.10. The van der Waals surface area contributed by atoms with Crippen molar-refractivity contribution in [2.24, 2.45) is 0 Å². The maximum Gasteiger partial charge on any atom is 0.416 e. The fourth-order valence-electron chi connectivity index (χ4n) is 4.89. The van der Waals surface area contributed by atoms with Crippen LogP contribution in [0.15, 0.2) is 48.8 Å². The number of aromatic amines is 1. The SMILES string of the molecule is CCCN1CCN(c2cc(NC(=O)c3ccc(C)c(-n4cc(-c5cn[nH]c5C)nn4)c3)cc(C(F)(F)F)c2)CC1. The molecule has 1 saturated heterocycles. The number of aryl methyl sites for hydroxylation is 2. The molecule has 40 heavy (non-hydrogen) atoms. The van der Waals surface area contributed by atoms with Gasteiger partial charge in [0.15, 0.2) is 0 Å². The monoisotopic (exact) mass is 552 g/mol. The summed E-state index contributed by atoms with van der Waals surface area (Å²) in [4.78, 5) is 17.5. The Bertz CT molecular complexity index is 1500. The van der Waals surface area contributed by atoms with E-state index in [4.69, 9.17) is 0 Å². The van der Waals surface area contributed by atoms with Gasteiger partial charge >= 0.3 is 6.18 Å². The van der Waals surface area contributed by atoms with Crippen LogP contribution < -0.4 is 10.2 Å². The maximum absolute atomic E-state index is 13.8. The second-order valence-corrected chi connectivity index (χ2v) is 10.0. The normalized spacial score (nSPS) is 14.5. The molecule has 0 bridgehead atoms. The third-order valence-corrected chi connectivity index (χ3v) is 7.10. The van der Waals surface area contributed by atoms with Crippen molar-refractivity contribution in [3.8, 4) is 16.9 Å². The van der Waals surface area contributed by atoms with Crippen molar-refractivity contribution < 1.29 is 18.0 Å². The van der Waals surface area contributed by atoms with Gasteiger partial charge in [-0.15, -0.1) is 5.10 Å². The van der Waals surface area contributed by atoms with E-state index < -0.39 is 17.6 Å². The quantitative estimate of drug-likeness (QED) is 0.332. The van der Waals surface area contributed by atoms with E-state index in [0.29, 0.717) is 30.2 Å². The Morgan fingerprint density at radius 3 is 2.52 bits per heavy atom. The molecule has 12 heteroatoms. The van der Waals surface area contributed by atoms with E-state index in [1.54, 1.807) is 41.3 Å². The lowest BCUT2D eigenvalue weighted by Gasteiger charge is -2.36. The molecule has 9 nitrogen and oxygen atoms in total. The molecular formula is C28H31F3N8O. The maximum atomic E-state index is 13.8. The van der Waals surface area contributed by atoms with Crippen LogP contribution in [0.5, 0.6) is 0 Å². The van der Waals surface area contributed by atoms with Crippen molar-refractivity contribution in [2.75, 3.05) is 42.9 Å². The number of carbonyl (C=O) groups is 1. The van der Waals surface area contributed by atoms with E-state index in [2.05, 4.69) is 37.6 Å². The number of nitrogens with one attached hydrogen (secondary N) is 2. The van der Waals surface area contributed by atoms with Gasteiger partial charge in [0.25, 0.3) is 5.91 Å². The topological polar surface area (TPSA) is 95.0 Å². The molecule has 1 fully saturated rings. The summed E-state index contributed by atoms with van der Waals surface area (Å²) in [7, 11) is 0. The van der Waals surface area contributed by atoms with Gasteiger partial charge in [-0.2, -0.15) is 18.3 Å². The number of aromatic nitrogens is 5. The van der Waals surface area contributed by atoms with Gasteiger partial charge in [-0.1, -0.05) is 18.2 Å². The lowest BCUT2D eigenvalue weighted by molar-refractivity contribution is -0.137. The Hall–Kier alpha value is -4.19. The van der Waals surface area contributed by atoms with Gasteiger partial charge in [0.05, 0.1) is 23.6 Å². The van der Waals surface area contributed by atoms with Crippen LogP contribution in [0.4, 0.5) is 24.5 Å². The molecule has 2 aromatic heterocycles. The van der Waals surface area contributed by atoms with Crippen LogP contribution in [0.25, 0.3) is 16.9 Å². The summed E-state index contributed by atoms with van der Waals surface area (Å²) >= 11 is 0. The molecule has 2 N–H and O–H groups in total. The molecule has 1 amide bonds. The number of nitrogens with zero attached hydrogens (tertiary/aromatic N) is 6. The van der Waals surface area contributed by atoms with Crippen molar-refractivity contribution in [3.63, 3.8) is 0 Å².